The fraction of sp³-hybridized carbons (Fsp3) is 0.438. The van der Waals surface area contributed by atoms with Gasteiger partial charge in [-0.2, -0.15) is 5.26 Å². The van der Waals surface area contributed by atoms with E-state index < -0.39 is 17.9 Å². The van der Waals surface area contributed by atoms with Gasteiger partial charge in [0.15, 0.2) is 0 Å². The van der Waals surface area contributed by atoms with Crippen LogP contribution >= 0.6 is 12.4 Å². The summed E-state index contributed by atoms with van der Waals surface area (Å²) in [6, 6.07) is 6.54. The molecule has 0 bridgehead atoms. The molecule has 0 spiro atoms. The molecule has 23 heavy (non-hydrogen) atoms. The summed E-state index contributed by atoms with van der Waals surface area (Å²) >= 11 is 0. The average molecular weight is 340 g/mol. The van der Waals surface area contributed by atoms with E-state index in [1.807, 2.05) is 26.8 Å². The van der Waals surface area contributed by atoms with E-state index in [4.69, 9.17) is 10.8 Å². The van der Waals surface area contributed by atoms with Gasteiger partial charge in [-0.15, -0.1) is 12.4 Å². The number of benzene rings is 1. The second-order valence-electron chi connectivity index (χ2n) is 6.13. The normalized spacial score (nSPS) is 11.8. The molecule has 0 aliphatic rings. The molecule has 1 atom stereocenters. The van der Waals surface area contributed by atoms with Crippen LogP contribution in [0.15, 0.2) is 18.2 Å². The van der Waals surface area contributed by atoms with Crippen LogP contribution in [0.4, 0.5) is 0 Å². The Hall–Kier alpha value is -2.10. The molecule has 0 aliphatic carbocycles. The van der Waals surface area contributed by atoms with Crippen molar-refractivity contribution in [3.63, 3.8) is 0 Å². The predicted molar refractivity (Wildman–Crippen MR) is 89.3 cm³/mol. The van der Waals surface area contributed by atoms with Gasteiger partial charge in [-0.1, -0.05) is 26.8 Å². The molecule has 1 unspecified atom stereocenters. The zero-order chi connectivity index (χ0) is 16.9. The van der Waals surface area contributed by atoms with Crippen LogP contribution in [0.2, 0.25) is 0 Å². The van der Waals surface area contributed by atoms with Gasteiger partial charge < -0.3 is 16.2 Å². The number of carbonyl (C=O) groups excluding carboxylic acids is 1. The van der Waals surface area contributed by atoms with Crippen LogP contribution in [0, 0.1) is 11.3 Å². The second kappa shape index (κ2) is 8.51. The van der Waals surface area contributed by atoms with E-state index >= 15 is 0 Å². The van der Waals surface area contributed by atoms with Gasteiger partial charge in [0.05, 0.1) is 30.6 Å². The van der Waals surface area contributed by atoms with Crippen molar-refractivity contribution < 1.29 is 14.7 Å². The van der Waals surface area contributed by atoms with Crippen molar-refractivity contribution in [2.45, 2.75) is 38.6 Å². The quantitative estimate of drug-likeness (QED) is 0.757. The maximum absolute atomic E-state index is 11.5. The van der Waals surface area contributed by atoms with Gasteiger partial charge >= 0.3 is 5.97 Å². The molecule has 1 rings (SSSR count). The van der Waals surface area contributed by atoms with Crippen LogP contribution in [-0.4, -0.2) is 23.5 Å². The number of hydrogen-bond donors (Lipinski definition) is 3. The number of carboxylic acids is 1. The van der Waals surface area contributed by atoms with Gasteiger partial charge in [-0.05, 0) is 28.7 Å². The summed E-state index contributed by atoms with van der Waals surface area (Å²) < 4.78 is 0. The van der Waals surface area contributed by atoms with E-state index in [-0.39, 0.29) is 30.8 Å². The summed E-state index contributed by atoms with van der Waals surface area (Å²) in [5, 5.41) is 20.8. The van der Waals surface area contributed by atoms with Crippen LogP contribution in [0.1, 0.15) is 49.9 Å². The molecule has 0 heterocycles. The lowest BCUT2D eigenvalue weighted by Gasteiger charge is -2.23. The Kier molecular flexibility index (Phi) is 7.73. The molecule has 1 aromatic rings. The lowest BCUT2D eigenvalue weighted by molar-refractivity contribution is -0.137. The summed E-state index contributed by atoms with van der Waals surface area (Å²) in [7, 11) is 0. The van der Waals surface area contributed by atoms with Gasteiger partial charge in [0, 0.05) is 0 Å². The van der Waals surface area contributed by atoms with E-state index in [1.165, 1.54) is 0 Å². The van der Waals surface area contributed by atoms with Crippen molar-refractivity contribution in [2.24, 2.45) is 5.73 Å². The number of rotatable bonds is 5. The molecule has 0 saturated carbocycles. The number of nitrogens with zero attached hydrogens (tertiary/aromatic N) is 1. The second-order valence-corrected chi connectivity index (χ2v) is 6.13. The van der Waals surface area contributed by atoms with Gasteiger partial charge in [0.25, 0.3) is 0 Å². The third-order valence-electron chi connectivity index (χ3n) is 3.25. The number of amides is 1. The molecule has 7 heteroatoms. The largest absolute Gasteiger partial charge is 0.481 e. The minimum absolute atomic E-state index is 0. The van der Waals surface area contributed by atoms with E-state index in [0.717, 1.165) is 5.56 Å². The molecule has 0 aliphatic heterocycles. The molecule has 126 valence electrons. The van der Waals surface area contributed by atoms with Crippen LogP contribution < -0.4 is 11.1 Å². The molecule has 1 aromatic carbocycles. The molecule has 6 nitrogen and oxygen atoms in total. The Balaban J connectivity index is 0.00000484. The van der Waals surface area contributed by atoms with Gasteiger partial charge in [-0.25, -0.2) is 0 Å². The third kappa shape index (κ3) is 6.27. The topological polar surface area (TPSA) is 116 Å². The van der Waals surface area contributed by atoms with Crippen LogP contribution in [0.5, 0.6) is 0 Å². The highest BCUT2D eigenvalue weighted by molar-refractivity contribution is 5.85. The summed E-state index contributed by atoms with van der Waals surface area (Å²) in [6.45, 7) is 5.77. The molecule has 0 fully saturated rings. The molecule has 0 aromatic heterocycles. The smallest absolute Gasteiger partial charge is 0.305 e. The number of nitriles is 1. The molecule has 4 N–H and O–H groups in total. The standard InChI is InChI=1S/C16H21N3O3.ClH/c1-16(2,3)12-5-10(8-17)4-11(6-12)13(7-15(21)22)19-14(20)9-18;/h4-6,13H,7,9,18H2,1-3H3,(H,19,20)(H,21,22);1H. The SMILES string of the molecule is CC(C)(C)c1cc(C#N)cc(C(CC(=O)O)NC(=O)CN)c1.Cl. The maximum atomic E-state index is 11.5. The number of halogens is 1. The Labute approximate surface area is 142 Å². The highest BCUT2D eigenvalue weighted by atomic mass is 35.5. The highest BCUT2D eigenvalue weighted by Crippen LogP contribution is 2.28. The first-order chi connectivity index (χ1) is 10.2. The van der Waals surface area contributed by atoms with Gasteiger partial charge in [-0.3, -0.25) is 9.59 Å². The Morgan fingerprint density at radius 2 is 1.96 bits per heavy atom. The van der Waals surface area contributed by atoms with Crippen molar-refractivity contribution in [1.82, 2.24) is 5.32 Å². The predicted octanol–water partition coefficient (Wildman–Crippen LogP) is 1.87. The average Bonchev–Trinajstić information content (AvgIpc) is 2.44. The first kappa shape index (κ1) is 20.9. The number of nitrogens with two attached hydrogens (primary N) is 1. The van der Waals surface area contributed by atoms with Crippen molar-refractivity contribution >= 4 is 24.3 Å². The van der Waals surface area contributed by atoms with E-state index in [9.17, 15) is 14.9 Å². The van der Waals surface area contributed by atoms with Crippen LogP contribution in [0.25, 0.3) is 0 Å². The molecular formula is C16H22ClN3O3. The number of aliphatic carboxylic acids is 1. The molecule has 0 radical (unpaired) electrons. The molecule has 1 amide bonds. The number of carboxylic acid groups (broad SMARTS) is 1. The zero-order valence-electron chi connectivity index (χ0n) is 13.4. The van der Waals surface area contributed by atoms with E-state index in [1.54, 1.807) is 12.1 Å². The first-order valence-electron chi connectivity index (χ1n) is 6.94. The summed E-state index contributed by atoms with van der Waals surface area (Å²) in [5.41, 5.74) is 6.99. The van der Waals surface area contributed by atoms with E-state index in [0.29, 0.717) is 11.1 Å². The van der Waals surface area contributed by atoms with Crippen LogP contribution in [-0.2, 0) is 15.0 Å². The summed E-state index contributed by atoms with van der Waals surface area (Å²) in [6.07, 6.45) is -0.274. The molecular weight excluding hydrogens is 318 g/mol. The Bertz CT molecular complexity index is 618. The highest BCUT2D eigenvalue weighted by Gasteiger charge is 2.21. The van der Waals surface area contributed by atoms with Gasteiger partial charge in [0.1, 0.15) is 0 Å². The number of hydrogen-bond acceptors (Lipinski definition) is 4. The minimum atomic E-state index is -1.04. The van der Waals surface area contributed by atoms with Crippen molar-refractivity contribution in [1.29, 1.82) is 5.26 Å². The zero-order valence-corrected chi connectivity index (χ0v) is 14.2. The monoisotopic (exact) mass is 339 g/mol. The minimum Gasteiger partial charge on any atom is -0.481 e. The van der Waals surface area contributed by atoms with Crippen molar-refractivity contribution in [2.75, 3.05) is 6.54 Å². The van der Waals surface area contributed by atoms with Crippen LogP contribution in [0.3, 0.4) is 0 Å². The third-order valence-corrected chi connectivity index (χ3v) is 3.25. The van der Waals surface area contributed by atoms with E-state index in [2.05, 4.69) is 11.4 Å². The molecule has 0 saturated heterocycles. The number of nitrogens with one attached hydrogen (secondary N) is 1. The van der Waals surface area contributed by atoms with Gasteiger partial charge in [0.2, 0.25) is 5.91 Å². The Morgan fingerprint density at radius 1 is 1.35 bits per heavy atom. The number of carbonyl (C=O) groups is 2. The fourth-order valence-electron chi connectivity index (χ4n) is 2.03. The lowest BCUT2D eigenvalue weighted by Crippen LogP contribution is -2.35. The summed E-state index contributed by atoms with van der Waals surface area (Å²) in [5.74, 6) is -1.48. The Morgan fingerprint density at radius 3 is 2.39 bits per heavy atom. The van der Waals surface area contributed by atoms with Crippen molar-refractivity contribution in [3.8, 4) is 6.07 Å². The maximum Gasteiger partial charge on any atom is 0.305 e. The fourth-order valence-corrected chi connectivity index (χ4v) is 2.03. The van der Waals surface area contributed by atoms with Crippen molar-refractivity contribution in [3.05, 3.63) is 34.9 Å². The first-order valence-corrected chi connectivity index (χ1v) is 6.94. The summed E-state index contributed by atoms with van der Waals surface area (Å²) in [4.78, 5) is 22.6. The lowest BCUT2D eigenvalue weighted by atomic mass is 9.84.